The summed E-state index contributed by atoms with van der Waals surface area (Å²) >= 11 is 1.59. The van der Waals surface area contributed by atoms with Gasteiger partial charge in [-0.1, -0.05) is 55.5 Å². The number of aryl methyl sites for hydroxylation is 1. The fourth-order valence-corrected chi connectivity index (χ4v) is 2.91. The molecule has 0 spiro atoms. The van der Waals surface area contributed by atoms with Crippen LogP contribution in [-0.4, -0.2) is 20.2 Å². The number of nitrogens with one attached hydrogen (secondary N) is 1. The van der Waals surface area contributed by atoms with E-state index in [2.05, 4.69) is 39.3 Å². The van der Waals surface area contributed by atoms with E-state index in [0.717, 1.165) is 32.9 Å². The van der Waals surface area contributed by atoms with E-state index in [1.165, 1.54) is 0 Å². The Morgan fingerprint density at radius 1 is 1.09 bits per heavy atom. The zero-order chi connectivity index (χ0) is 16.2. The van der Waals surface area contributed by atoms with Crippen LogP contribution in [0.1, 0.15) is 36.3 Å². The molecule has 0 fully saturated rings. The predicted molar refractivity (Wildman–Crippen MR) is 93.5 cm³/mol. The van der Waals surface area contributed by atoms with Gasteiger partial charge in [0.25, 0.3) is 0 Å². The van der Waals surface area contributed by atoms with E-state index in [4.69, 9.17) is 0 Å². The standard InChI is InChI=1S/C17H19N5S/c1-11(2)16-19-12(3)9-14(20-16)18-10-15-21-22-17(23-15)13-7-5-4-6-8-13/h4-9,11H,10H2,1-3H3,(H,18,19,20). The summed E-state index contributed by atoms with van der Waals surface area (Å²) in [5.74, 6) is 1.99. The van der Waals surface area contributed by atoms with Gasteiger partial charge in [0.2, 0.25) is 0 Å². The van der Waals surface area contributed by atoms with Crippen LogP contribution >= 0.6 is 11.3 Å². The maximum Gasteiger partial charge on any atom is 0.147 e. The van der Waals surface area contributed by atoms with Crippen molar-refractivity contribution in [2.75, 3.05) is 5.32 Å². The highest BCUT2D eigenvalue weighted by molar-refractivity contribution is 7.14. The third kappa shape index (κ3) is 3.90. The van der Waals surface area contributed by atoms with Gasteiger partial charge in [-0.15, -0.1) is 10.2 Å². The van der Waals surface area contributed by atoms with E-state index in [0.29, 0.717) is 12.5 Å². The maximum absolute atomic E-state index is 4.55. The van der Waals surface area contributed by atoms with Gasteiger partial charge < -0.3 is 5.32 Å². The lowest BCUT2D eigenvalue weighted by Gasteiger charge is -2.09. The van der Waals surface area contributed by atoms with Crippen LogP contribution in [0.3, 0.4) is 0 Å². The summed E-state index contributed by atoms with van der Waals surface area (Å²) in [6.07, 6.45) is 0. The van der Waals surface area contributed by atoms with E-state index in [1.807, 2.05) is 43.3 Å². The maximum atomic E-state index is 4.55. The van der Waals surface area contributed by atoms with Gasteiger partial charge in [0.1, 0.15) is 21.7 Å². The van der Waals surface area contributed by atoms with E-state index in [1.54, 1.807) is 11.3 Å². The molecular formula is C17H19N5S. The topological polar surface area (TPSA) is 63.6 Å². The molecular weight excluding hydrogens is 306 g/mol. The number of hydrogen-bond donors (Lipinski definition) is 1. The van der Waals surface area contributed by atoms with Crippen molar-refractivity contribution in [3.8, 4) is 10.6 Å². The Labute approximate surface area is 139 Å². The highest BCUT2D eigenvalue weighted by Crippen LogP contribution is 2.23. The minimum absolute atomic E-state index is 0.307. The van der Waals surface area contributed by atoms with Crippen LogP contribution in [-0.2, 0) is 6.54 Å². The van der Waals surface area contributed by atoms with Crippen molar-refractivity contribution in [1.82, 2.24) is 20.2 Å². The van der Waals surface area contributed by atoms with Gasteiger partial charge >= 0.3 is 0 Å². The van der Waals surface area contributed by atoms with Crippen LogP contribution in [0.2, 0.25) is 0 Å². The Morgan fingerprint density at radius 3 is 2.61 bits per heavy atom. The smallest absolute Gasteiger partial charge is 0.147 e. The zero-order valence-corrected chi connectivity index (χ0v) is 14.3. The molecule has 1 N–H and O–H groups in total. The molecule has 0 atom stereocenters. The molecule has 0 aliphatic rings. The summed E-state index contributed by atoms with van der Waals surface area (Å²) in [6, 6.07) is 12.0. The molecule has 0 unspecified atom stereocenters. The molecule has 0 saturated carbocycles. The summed E-state index contributed by atoms with van der Waals surface area (Å²) in [5, 5.41) is 13.7. The molecule has 1 aromatic carbocycles. The predicted octanol–water partition coefficient (Wildman–Crippen LogP) is 4.04. The average Bonchev–Trinajstić information content (AvgIpc) is 3.02. The lowest BCUT2D eigenvalue weighted by atomic mass is 10.2. The quantitative estimate of drug-likeness (QED) is 0.767. The van der Waals surface area contributed by atoms with Crippen molar-refractivity contribution < 1.29 is 0 Å². The molecule has 0 bridgehead atoms. The molecule has 0 saturated heterocycles. The monoisotopic (exact) mass is 325 g/mol. The van der Waals surface area contributed by atoms with Crippen molar-refractivity contribution in [2.24, 2.45) is 0 Å². The largest absolute Gasteiger partial charge is 0.363 e. The molecule has 118 valence electrons. The van der Waals surface area contributed by atoms with E-state index >= 15 is 0 Å². The molecule has 23 heavy (non-hydrogen) atoms. The molecule has 0 aliphatic heterocycles. The van der Waals surface area contributed by atoms with E-state index in [-0.39, 0.29) is 0 Å². The highest BCUT2D eigenvalue weighted by Gasteiger charge is 2.09. The van der Waals surface area contributed by atoms with Crippen molar-refractivity contribution >= 4 is 17.2 Å². The van der Waals surface area contributed by atoms with Crippen LogP contribution in [0, 0.1) is 6.92 Å². The third-order valence-electron chi connectivity index (χ3n) is 3.30. The Kier molecular flexibility index (Phi) is 4.62. The Balaban J connectivity index is 1.71. The van der Waals surface area contributed by atoms with E-state index < -0.39 is 0 Å². The summed E-state index contributed by atoms with van der Waals surface area (Å²) < 4.78 is 0. The number of hydrogen-bond acceptors (Lipinski definition) is 6. The van der Waals surface area contributed by atoms with Gasteiger partial charge in [0, 0.05) is 23.2 Å². The zero-order valence-electron chi connectivity index (χ0n) is 13.4. The summed E-state index contributed by atoms with van der Waals surface area (Å²) in [6.45, 7) is 6.78. The van der Waals surface area contributed by atoms with Crippen LogP contribution in [0.4, 0.5) is 5.82 Å². The van der Waals surface area contributed by atoms with Crippen LogP contribution < -0.4 is 5.32 Å². The SMILES string of the molecule is Cc1cc(NCc2nnc(-c3ccccc3)s2)nc(C(C)C)n1. The van der Waals surface area contributed by atoms with Crippen LogP contribution in [0.15, 0.2) is 36.4 Å². The molecule has 0 radical (unpaired) electrons. The normalized spacial score (nSPS) is 11.0. The second-order valence-corrected chi connectivity index (χ2v) is 6.69. The summed E-state index contributed by atoms with van der Waals surface area (Å²) in [5.41, 5.74) is 2.06. The van der Waals surface area contributed by atoms with Crippen molar-refractivity contribution in [2.45, 2.75) is 33.2 Å². The van der Waals surface area contributed by atoms with Crippen molar-refractivity contribution in [3.63, 3.8) is 0 Å². The molecule has 2 aromatic heterocycles. The Hall–Kier alpha value is -2.34. The number of anilines is 1. The first kappa shape index (κ1) is 15.6. The fourth-order valence-electron chi connectivity index (χ4n) is 2.13. The van der Waals surface area contributed by atoms with Gasteiger partial charge in [0.05, 0.1) is 6.54 Å². The molecule has 3 rings (SSSR count). The number of benzene rings is 1. The molecule has 3 aromatic rings. The number of nitrogens with zero attached hydrogens (tertiary/aromatic N) is 4. The Bertz CT molecular complexity index is 783. The van der Waals surface area contributed by atoms with E-state index in [9.17, 15) is 0 Å². The summed E-state index contributed by atoms with van der Waals surface area (Å²) in [7, 11) is 0. The van der Waals surface area contributed by atoms with Crippen molar-refractivity contribution in [1.29, 1.82) is 0 Å². The van der Waals surface area contributed by atoms with Gasteiger partial charge in [-0.05, 0) is 6.92 Å². The fraction of sp³-hybridized carbons (Fsp3) is 0.294. The Morgan fingerprint density at radius 2 is 1.87 bits per heavy atom. The summed E-state index contributed by atoms with van der Waals surface area (Å²) in [4.78, 5) is 9.00. The highest BCUT2D eigenvalue weighted by atomic mass is 32.1. The molecule has 2 heterocycles. The number of rotatable bonds is 5. The second-order valence-electron chi connectivity index (χ2n) is 5.63. The first-order valence-electron chi connectivity index (χ1n) is 7.59. The first-order chi connectivity index (χ1) is 11.1. The molecule has 0 aliphatic carbocycles. The minimum Gasteiger partial charge on any atom is -0.363 e. The average molecular weight is 325 g/mol. The third-order valence-corrected chi connectivity index (χ3v) is 4.27. The van der Waals surface area contributed by atoms with Gasteiger partial charge in [-0.2, -0.15) is 0 Å². The first-order valence-corrected chi connectivity index (χ1v) is 8.40. The van der Waals surface area contributed by atoms with Crippen molar-refractivity contribution in [3.05, 3.63) is 52.9 Å². The molecule has 5 nitrogen and oxygen atoms in total. The van der Waals surface area contributed by atoms with Crippen LogP contribution in [0.5, 0.6) is 0 Å². The second kappa shape index (κ2) is 6.83. The van der Waals surface area contributed by atoms with Gasteiger partial charge in [0.15, 0.2) is 0 Å². The van der Waals surface area contributed by atoms with Gasteiger partial charge in [-0.3, -0.25) is 0 Å². The number of aromatic nitrogens is 4. The minimum atomic E-state index is 0.307. The molecule has 0 amide bonds. The molecule has 6 heteroatoms. The van der Waals surface area contributed by atoms with Crippen LogP contribution in [0.25, 0.3) is 10.6 Å². The lowest BCUT2D eigenvalue weighted by molar-refractivity contribution is 0.766. The van der Waals surface area contributed by atoms with Gasteiger partial charge in [-0.25, -0.2) is 9.97 Å². The lowest BCUT2D eigenvalue weighted by Crippen LogP contribution is -2.06.